The Morgan fingerprint density at radius 1 is 1.32 bits per heavy atom. The molecule has 0 heterocycles. The van der Waals surface area contributed by atoms with E-state index in [9.17, 15) is 9.90 Å². The number of aryl methyl sites for hydroxylation is 1. The van der Waals surface area contributed by atoms with Gasteiger partial charge in [-0.2, -0.15) is 0 Å². The van der Waals surface area contributed by atoms with E-state index in [0.717, 1.165) is 5.56 Å². The molecule has 1 rings (SSSR count). The predicted octanol–water partition coefficient (Wildman–Crippen LogP) is 1.83. The zero-order valence-corrected chi connectivity index (χ0v) is 11.6. The monoisotopic (exact) mass is 267 g/mol. The normalized spacial score (nSPS) is 10.7. The van der Waals surface area contributed by atoms with Gasteiger partial charge < -0.3 is 19.9 Å². The van der Waals surface area contributed by atoms with Crippen LogP contribution in [0, 0.1) is 6.92 Å². The van der Waals surface area contributed by atoms with Gasteiger partial charge in [0, 0.05) is 18.8 Å². The van der Waals surface area contributed by atoms with Crippen LogP contribution < -0.4 is 5.32 Å². The molecule has 0 spiro atoms. The molecule has 0 aliphatic rings. The third-order valence-corrected chi connectivity index (χ3v) is 2.61. The molecule has 0 aliphatic heterocycles. The zero-order valence-electron chi connectivity index (χ0n) is 11.6. The summed E-state index contributed by atoms with van der Waals surface area (Å²) in [6, 6.07) is 4.81. The first-order valence-corrected chi connectivity index (χ1v) is 6.39. The van der Waals surface area contributed by atoms with Gasteiger partial charge in [0.15, 0.2) is 6.29 Å². The van der Waals surface area contributed by atoms with Gasteiger partial charge in [0.1, 0.15) is 5.75 Å². The number of nitrogens with one attached hydrogen (secondary N) is 1. The fourth-order valence-corrected chi connectivity index (χ4v) is 1.57. The van der Waals surface area contributed by atoms with Gasteiger partial charge in [-0.05, 0) is 38.5 Å². The van der Waals surface area contributed by atoms with Crippen molar-refractivity contribution in [3.05, 3.63) is 29.3 Å². The van der Waals surface area contributed by atoms with Gasteiger partial charge >= 0.3 is 0 Å². The standard InChI is InChI=1S/C14H21NO4/c1-4-18-13(19-5-2)9-15-14(17)11-7-6-10(3)12(16)8-11/h6-8,13,16H,4-5,9H2,1-3H3,(H,15,17). The molecule has 0 fully saturated rings. The topological polar surface area (TPSA) is 67.8 Å². The highest BCUT2D eigenvalue weighted by atomic mass is 16.7. The minimum absolute atomic E-state index is 0.110. The molecule has 0 bridgehead atoms. The second kappa shape index (κ2) is 7.76. The summed E-state index contributed by atoms with van der Waals surface area (Å²) >= 11 is 0. The van der Waals surface area contributed by atoms with E-state index in [1.807, 2.05) is 13.8 Å². The summed E-state index contributed by atoms with van der Waals surface area (Å²) in [6.07, 6.45) is -0.446. The van der Waals surface area contributed by atoms with Crippen LogP contribution >= 0.6 is 0 Å². The van der Waals surface area contributed by atoms with Crippen LogP contribution in [0.1, 0.15) is 29.8 Å². The summed E-state index contributed by atoms with van der Waals surface area (Å²) in [5, 5.41) is 12.3. The van der Waals surface area contributed by atoms with Crippen molar-refractivity contribution in [2.24, 2.45) is 0 Å². The molecule has 0 atom stereocenters. The SMILES string of the molecule is CCOC(CNC(=O)c1ccc(C)c(O)c1)OCC. The number of carbonyl (C=O) groups excluding carboxylic acids is 1. The first-order chi connectivity index (χ1) is 9.08. The number of aromatic hydroxyl groups is 1. The van der Waals surface area contributed by atoms with Gasteiger partial charge in [-0.25, -0.2) is 0 Å². The highest BCUT2D eigenvalue weighted by Crippen LogP contribution is 2.17. The number of carbonyl (C=O) groups is 1. The fourth-order valence-electron chi connectivity index (χ4n) is 1.57. The lowest BCUT2D eigenvalue weighted by atomic mass is 10.1. The van der Waals surface area contributed by atoms with Crippen LogP contribution in [-0.4, -0.2) is 37.1 Å². The largest absolute Gasteiger partial charge is 0.508 e. The molecule has 0 aromatic heterocycles. The number of amides is 1. The third-order valence-electron chi connectivity index (χ3n) is 2.61. The molecular weight excluding hydrogens is 246 g/mol. The maximum Gasteiger partial charge on any atom is 0.251 e. The molecule has 5 heteroatoms. The quantitative estimate of drug-likeness (QED) is 0.740. The van der Waals surface area contributed by atoms with Crippen molar-refractivity contribution in [3.8, 4) is 5.75 Å². The van der Waals surface area contributed by atoms with Crippen LogP contribution in [0.5, 0.6) is 5.75 Å². The summed E-state index contributed by atoms with van der Waals surface area (Å²) in [7, 11) is 0. The van der Waals surface area contributed by atoms with Gasteiger partial charge in [-0.3, -0.25) is 4.79 Å². The van der Waals surface area contributed by atoms with Crippen molar-refractivity contribution >= 4 is 5.91 Å². The fraction of sp³-hybridized carbons (Fsp3) is 0.500. The average Bonchev–Trinajstić information content (AvgIpc) is 2.39. The van der Waals surface area contributed by atoms with E-state index in [1.54, 1.807) is 19.1 Å². The molecule has 5 nitrogen and oxygen atoms in total. The summed E-state index contributed by atoms with van der Waals surface area (Å²) in [5.41, 5.74) is 1.15. The minimum Gasteiger partial charge on any atom is -0.508 e. The van der Waals surface area contributed by atoms with Crippen molar-refractivity contribution in [1.82, 2.24) is 5.32 Å². The molecule has 0 unspecified atom stereocenters. The number of hydrogen-bond acceptors (Lipinski definition) is 4. The Morgan fingerprint density at radius 2 is 1.95 bits per heavy atom. The number of hydrogen-bond donors (Lipinski definition) is 2. The molecule has 106 valence electrons. The lowest BCUT2D eigenvalue weighted by Gasteiger charge is -2.17. The lowest BCUT2D eigenvalue weighted by Crippen LogP contribution is -2.35. The Kier molecular flexibility index (Phi) is 6.32. The highest BCUT2D eigenvalue weighted by molar-refractivity contribution is 5.94. The van der Waals surface area contributed by atoms with E-state index in [-0.39, 0.29) is 18.2 Å². The van der Waals surface area contributed by atoms with Crippen molar-refractivity contribution in [3.63, 3.8) is 0 Å². The van der Waals surface area contributed by atoms with Gasteiger partial charge in [0.05, 0.1) is 6.54 Å². The zero-order chi connectivity index (χ0) is 14.3. The van der Waals surface area contributed by atoms with E-state index in [2.05, 4.69) is 5.32 Å². The number of benzene rings is 1. The maximum atomic E-state index is 11.9. The number of ether oxygens (including phenoxy) is 2. The summed E-state index contributed by atoms with van der Waals surface area (Å²) < 4.78 is 10.7. The van der Waals surface area contributed by atoms with Crippen molar-refractivity contribution < 1.29 is 19.4 Å². The van der Waals surface area contributed by atoms with Crippen LogP contribution in [0.15, 0.2) is 18.2 Å². The van der Waals surface area contributed by atoms with E-state index in [1.165, 1.54) is 6.07 Å². The maximum absolute atomic E-state index is 11.9. The van der Waals surface area contributed by atoms with Crippen LogP contribution in [0.25, 0.3) is 0 Å². The molecule has 1 aromatic rings. The second-order valence-corrected chi connectivity index (χ2v) is 4.05. The Bertz CT molecular complexity index is 414. The Morgan fingerprint density at radius 3 is 2.47 bits per heavy atom. The summed E-state index contributed by atoms with van der Waals surface area (Å²) in [4.78, 5) is 11.9. The van der Waals surface area contributed by atoms with Crippen LogP contribution in [0.3, 0.4) is 0 Å². The molecule has 2 N–H and O–H groups in total. The van der Waals surface area contributed by atoms with E-state index in [4.69, 9.17) is 9.47 Å². The lowest BCUT2D eigenvalue weighted by molar-refractivity contribution is -0.131. The number of phenols is 1. The van der Waals surface area contributed by atoms with Gasteiger partial charge in [-0.15, -0.1) is 0 Å². The van der Waals surface area contributed by atoms with Crippen molar-refractivity contribution in [2.75, 3.05) is 19.8 Å². The molecule has 0 saturated carbocycles. The second-order valence-electron chi connectivity index (χ2n) is 4.05. The van der Waals surface area contributed by atoms with E-state index < -0.39 is 6.29 Å². The van der Waals surface area contributed by atoms with Gasteiger partial charge in [-0.1, -0.05) is 6.07 Å². The number of rotatable bonds is 7. The summed E-state index contributed by atoms with van der Waals surface area (Å²) in [6.45, 7) is 6.82. The molecule has 0 saturated heterocycles. The molecule has 1 aromatic carbocycles. The van der Waals surface area contributed by atoms with Crippen LogP contribution in [0.2, 0.25) is 0 Å². The molecule has 0 radical (unpaired) electrons. The molecule has 1 amide bonds. The summed E-state index contributed by atoms with van der Waals surface area (Å²) in [5.74, 6) is -0.154. The predicted molar refractivity (Wildman–Crippen MR) is 72.2 cm³/mol. The van der Waals surface area contributed by atoms with E-state index in [0.29, 0.717) is 18.8 Å². The highest BCUT2D eigenvalue weighted by Gasteiger charge is 2.12. The number of phenolic OH excluding ortho intramolecular Hbond substituents is 1. The van der Waals surface area contributed by atoms with Crippen LogP contribution in [-0.2, 0) is 9.47 Å². The third kappa shape index (κ3) is 4.89. The van der Waals surface area contributed by atoms with Gasteiger partial charge in [0.25, 0.3) is 5.91 Å². The Labute approximate surface area is 113 Å². The Hall–Kier alpha value is -1.59. The van der Waals surface area contributed by atoms with Crippen LogP contribution in [0.4, 0.5) is 0 Å². The first kappa shape index (κ1) is 15.5. The van der Waals surface area contributed by atoms with Gasteiger partial charge in [0.2, 0.25) is 0 Å². The first-order valence-electron chi connectivity index (χ1n) is 6.39. The van der Waals surface area contributed by atoms with E-state index >= 15 is 0 Å². The smallest absolute Gasteiger partial charge is 0.251 e. The van der Waals surface area contributed by atoms with Crippen molar-refractivity contribution in [2.45, 2.75) is 27.1 Å². The Balaban J connectivity index is 2.56. The molecular formula is C14H21NO4. The van der Waals surface area contributed by atoms with Crippen molar-refractivity contribution in [1.29, 1.82) is 0 Å². The average molecular weight is 267 g/mol. The minimum atomic E-state index is -0.446. The molecule has 19 heavy (non-hydrogen) atoms. The molecule has 0 aliphatic carbocycles.